The molecule has 1 aromatic carbocycles. The second-order valence-corrected chi connectivity index (χ2v) is 10.1. The number of pyridine rings is 1. The number of rotatable bonds is 7. The Kier molecular flexibility index (Phi) is 7.82. The van der Waals surface area contributed by atoms with Gasteiger partial charge < -0.3 is 4.74 Å². The Balaban J connectivity index is 2.63. The Bertz CT molecular complexity index is 922. The van der Waals surface area contributed by atoms with Gasteiger partial charge in [-0.1, -0.05) is 18.2 Å². The van der Waals surface area contributed by atoms with E-state index in [-0.39, 0.29) is 12.1 Å². The van der Waals surface area contributed by atoms with Crippen molar-refractivity contribution in [3.8, 4) is 11.1 Å². The lowest BCUT2D eigenvalue weighted by Crippen LogP contribution is -2.37. The Hall–Kier alpha value is -2.19. The van der Waals surface area contributed by atoms with Gasteiger partial charge in [0.1, 0.15) is 5.69 Å². The zero-order valence-electron chi connectivity index (χ0n) is 18.1. The molecule has 1 aromatic heterocycles. The molecule has 30 heavy (non-hydrogen) atoms. The summed E-state index contributed by atoms with van der Waals surface area (Å²) in [7, 11) is -0.307. The maximum absolute atomic E-state index is 13.7. The van der Waals surface area contributed by atoms with Crippen LogP contribution in [0.5, 0.6) is 0 Å². The summed E-state index contributed by atoms with van der Waals surface area (Å²) in [6.45, 7) is 9.13. The Labute approximate surface area is 178 Å². The average Bonchev–Trinajstić information content (AvgIpc) is 2.66. The van der Waals surface area contributed by atoms with Crippen LogP contribution >= 0.6 is 0 Å². The highest BCUT2D eigenvalue weighted by atomic mass is 32.2. The summed E-state index contributed by atoms with van der Waals surface area (Å²) < 4.78 is 47.0. The van der Waals surface area contributed by atoms with Crippen LogP contribution < -0.4 is 4.72 Å². The third-order valence-electron chi connectivity index (χ3n) is 4.62. The lowest BCUT2D eigenvalue weighted by Gasteiger charge is -2.24. The fourth-order valence-electron chi connectivity index (χ4n) is 3.04. The number of aryl methyl sites for hydroxylation is 2. The molecule has 0 amide bonds. The first-order valence-corrected chi connectivity index (χ1v) is 10.7. The molecule has 8 heteroatoms. The molecule has 0 unspecified atom stereocenters. The van der Waals surface area contributed by atoms with Crippen LogP contribution in [0, 0.1) is 13.8 Å². The predicted molar refractivity (Wildman–Crippen MR) is 115 cm³/mol. The molecule has 1 heterocycles. The second-order valence-electron chi connectivity index (χ2n) is 8.10. The summed E-state index contributed by atoms with van der Waals surface area (Å²) in [4.78, 5) is 16.1. The average molecular weight is 439 g/mol. The summed E-state index contributed by atoms with van der Waals surface area (Å²) in [5.41, 5.74) is 3.09. The van der Waals surface area contributed by atoms with Crippen molar-refractivity contribution in [1.29, 1.82) is 0 Å². The van der Waals surface area contributed by atoms with E-state index in [1.54, 1.807) is 26.8 Å². The highest BCUT2D eigenvalue weighted by Crippen LogP contribution is 2.32. The van der Waals surface area contributed by atoms with Gasteiger partial charge in [-0.25, -0.2) is 17.7 Å². The second kappa shape index (κ2) is 9.75. The first-order valence-electron chi connectivity index (χ1n) is 9.55. The standard InChI is InChI=1S/C22H28F2N2O3S/c1-13-8-7-9-14(2)20(13)15-10-16(25-18(11-15)21(23)24)17(12-19(27)29-6)26-30(28)22(3,4)5/h7-11,17,21,26H,12H2,1-6H3/t17-,30-/m1/s1. The van der Waals surface area contributed by atoms with Crippen LogP contribution in [-0.4, -0.2) is 27.0 Å². The van der Waals surface area contributed by atoms with Crippen LogP contribution in [0.3, 0.4) is 0 Å². The maximum atomic E-state index is 13.7. The lowest BCUT2D eigenvalue weighted by atomic mass is 9.94. The van der Waals surface area contributed by atoms with E-state index in [1.807, 2.05) is 32.0 Å². The minimum Gasteiger partial charge on any atom is -0.469 e. The number of halogens is 2. The Morgan fingerprint density at radius 2 is 1.73 bits per heavy atom. The number of nitrogens with zero attached hydrogens (tertiary/aromatic N) is 1. The summed E-state index contributed by atoms with van der Waals surface area (Å²) in [5, 5.41) is 0. The Morgan fingerprint density at radius 1 is 1.17 bits per heavy atom. The number of hydrogen-bond donors (Lipinski definition) is 1. The van der Waals surface area contributed by atoms with Gasteiger partial charge >= 0.3 is 5.97 Å². The van der Waals surface area contributed by atoms with E-state index >= 15 is 0 Å². The van der Waals surface area contributed by atoms with Gasteiger partial charge in [-0.2, -0.15) is 0 Å². The molecule has 0 aliphatic heterocycles. The van der Waals surface area contributed by atoms with Crippen molar-refractivity contribution in [1.82, 2.24) is 9.71 Å². The highest BCUT2D eigenvalue weighted by molar-refractivity contribution is 7.84. The molecule has 0 radical (unpaired) electrons. The van der Waals surface area contributed by atoms with Crippen LogP contribution in [0.4, 0.5) is 8.78 Å². The molecule has 2 atom stereocenters. The van der Waals surface area contributed by atoms with E-state index in [0.29, 0.717) is 5.56 Å². The number of aromatic nitrogens is 1. The van der Waals surface area contributed by atoms with Gasteiger partial charge in [0.05, 0.1) is 41.0 Å². The van der Waals surface area contributed by atoms with E-state index in [4.69, 9.17) is 4.74 Å². The maximum Gasteiger partial charge on any atom is 0.307 e. The molecule has 0 bridgehead atoms. The number of hydrogen-bond acceptors (Lipinski definition) is 4. The molecule has 0 aliphatic carbocycles. The van der Waals surface area contributed by atoms with Crippen molar-refractivity contribution in [2.75, 3.05) is 7.11 Å². The van der Waals surface area contributed by atoms with Crippen molar-refractivity contribution in [3.05, 3.63) is 52.8 Å². The van der Waals surface area contributed by atoms with E-state index in [1.165, 1.54) is 13.2 Å². The third kappa shape index (κ3) is 5.92. The molecule has 5 nitrogen and oxygen atoms in total. The van der Waals surface area contributed by atoms with Crippen LogP contribution in [0.15, 0.2) is 30.3 Å². The largest absolute Gasteiger partial charge is 0.469 e. The van der Waals surface area contributed by atoms with Gasteiger partial charge in [0.25, 0.3) is 6.43 Å². The monoisotopic (exact) mass is 438 g/mol. The highest BCUT2D eigenvalue weighted by Gasteiger charge is 2.28. The van der Waals surface area contributed by atoms with Crippen molar-refractivity contribution in [3.63, 3.8) is 0 Å². The lowest BCUT2D eigenvalue weighted by molar-refractivity contribution is -0.141. The van der Waals surface area contributed by atoms with Gasteiger partial charge in [-0.05, 0) is 69.0 Å². The quantitative estimate of drug-likeness (QED) is 0.621. The van der Waals surface area contributed by atoms with Crippen LogP contribution in [0.25, 0.3) is 11.1 Å². The van der Waals surface area contributed by atoms with Gasteiger partial charge in [0.15, 0.2) is 0 Å². The number of ether oxygens (including phenoxy) is 1. The van der Waals surface area contributed by atoms with E-state index < -0.39 is 39.9 Å². The summed E-state index contributed by atoms with van der Waals surface area (Å²) in [6.07, 6.45) is -2.98. The first-order chi connectivity index (χ1) is 13.9. The molecule has 2 aromatic rings. The number of methoxy groups -OCH3 is 1. The molecule has 0 saturated carbocycles. The van der Waals surface area contributed by atoms with Gasteiger partial charge in [-0.15, -0.1) is 0 Å². The van der Waals surface area contributed by atoms with Crippen LogP contribution in [0.2, 0.25) is 0 Å². The van der Waals surface area contributed by atoms with Gasteiger partial charge in [0, 0.05) is 0 Å². The number of benzene rings is 1. The number of carbonyl (C=O) groups is 1. The van der Waals surface area contributed by atoms with Crippen LogP contribution in [0.1, 0.15) is 62.2 Å². The molecule has 0 aliphatic rings. The fraction of sp³-hybridized carbons (Fsp3) is 0.455. The van der Waals surface area contributed by atoms with Crippen molar-refractivity contribution >= 4 is 17.0 Å². The zero-order chi connectivity index (χ0) is 22.6. The number of carbonyl (C=O) groups excluding carboxylic acids is 1. The molecule has 164 valence electrons. The molecule has 0 saturated heterocycles. The molecular formula is C22H28F2N2O3S. The molecule has 1 N–H and O–H groups in total. The molecular weight excluding hydrogens is 410 g/mol. The van der Waals surface area contributed by atoms with Crippen molar-refractivity contribution < 1.29 is 22.5 Å². The van der Waals surface area contributed by atoms with Gasteiger partial charge in [-0.3, -0.25) is 9.78 Å². The third-order valence-corrected chi connectivity index (χ3v) is 6.23. The normalized spacial score (nSPS) is 13.9. The molecule has 0 spiro atoms. The minimum absolute atomic E-state index is 0.190. The first kappa shape index (κ1) is 24.1. The Morgan fingerprint density at radius 3 is 2.23 bits per heavy atom. The van der Waals surface area contributed by atoms with E-state index in [9.17, 15) is 17.8 Å². The predicted octanol–water partition coefficient (Wildman–Crippen LogP) is 4.96. The number of alkyl halides is 2. The van der Waals surface area contributed by atoms with E-state index in [2.05, 4.69) is 9.71 Å². The minimum atomic E-state index is -2.79. The summed E-state index contributed by atoms with van der Waals surface area (Å²) in [6, 6.07) is 7.89. The summed E-state index contributed by atoms with van der Waals surface area (Å²) in [5.74, 6) is -0.559. The van der Waals surface area contributed by atoms with E-state index in [0.717, 1.165) is 16.7 Å². The summed E-state index contributed by atoms with van der Waals surface area (Å²) >= 11 is 0. The van der Waals surface area contributed by atoms with Crippen molar-refractivity contribution in [2.45, 2.75) is 58.3 Å². The fourth-order valence-corrected chi connectivity index (χ4v) is 3.86. The van der Waals surface area contributed by atoms with Crippen molar-refractivity contribution in [2.24, 2.45) is 0 Å². The topological polar surface area (TPSA) is 68.3 Å². The SMILES string of the molecule is COC(=O)C[C@@H](N[S@](=O)C(C)(C)C)c1cc(-c2c(C)cccc2C)cc(C(F)F)n1. The number of esters is 1. The van der Waals surface area contributed by atoms with Gasteiger partial charge in [0.2, 0.25) is 0 Å². The number of nitrogens with one attached hydrogen (secondary N) is 1. The zero-order valence-corrected chi connectivity index (χ0v) is 18.9. The smallest absolute Gasteiger partial charge is 0.307 e. The molecule has 2 rings (SSSR count). The van der Waals surface area contributed by atoms with Crippen LogP contribution in [-0.2, 0) is 20.5 Å². The molecule has 0 fully saturated rings.